The number of hydrogen-bond donors (Lipinski definition) is 0. The predicted molar refractivity (Wildman–Crippen MR) is 85.5 cm³/mol. The summed E-state index contributed by atoms with van der Waals surface area (Å²) >= 11 is 6.94. The van der Waals surface area contributed by atoms with Crippen molar-refractivity contribution in [1.29, 1.82) is 0 Å². The van der Waals surface area contributed by atoms with Crippen LogP contribution in [0, 0.1) is 12.7 Å². The third-order valence-corrected chi connectivity index (χ3v) is 4.45. The fourth-order valence-electron chi connectivity index (χ4n) is 2.15. The van der Waals surface area contributed by atoms with Crippen LogP contribution in [0.4, 0.5) is 4.39 Å². The SMILES string of the molecule is Cc1cccc(C(CBr)Cc2cc(Br)ccc2F)c1. The van der Waals surface area contributed by atoms with Gasteiger partial charge in [-0.25, -0.2) is 4.39 Å². The van der Waals surface area contributed by atoms with Crippen molar-refractivity contribution in [1.82, 2.24) is 0 Å². The maximum atomic E-state index is 13.8. The first-order valence-electron chi connectivity index (χ1n) is 6.16. The predicted octanol–water partition coefficient (Wildman–Crippen LogP) is 5.62. The topological polar surface area (TPSA) is 0 Å². The van der Waals surface area contributed by atoms with E-state index < -0.39 is 0 Å². The smallest absolute Gasteiger partial charge is 0.126 e. The molecule has 0 heterocycles. The average molecular weight is 386 g/mol. The zero-order valence-electron chi connectivity index (χ0n) is 10.7. The molecule has 19 heavy (non-hydrogen) atoms. The highest BCUT2D eigenvalue weighted by Gasteiger charge is 2.14. The van der Waals surface area contributed by atoms with E-state index in [2.05, 4.69) is 63.0 Å². The summed E-state index contributed by atoms with van der Waals surface area (Å²) in [5, 5.41) is 0.822. The lowest BCUT2D eigenvalue weighted by molar-refractivity contribution is 0.599. The summed E-state index contributed by atoms with van der Waals surface area (Å²) in [4.78, 5) is 0. The summed E-state index contributed by atoms with van der Waals surface area (Å²) in [6.45, 7) is 2.08. The van der Waals surface area contributed by atoms with E-state index in [0.717, 1.165) is 15.4 Å². The second-order valence-electron chi connectivity index (χ2n) is 4.71. The summed E-state index contributed by atoms with van der Waals surface area (Å²) in [5.74, 6) is 0.144. The van der Waals surface area contributed by atoms with Gasteiger partial charge >= 0.3 is 0 Å². The van der Waals surface area contributed by atoms with Gasteiger partial charge in [0.15, 0.2) is 0 Å². The highest BCUT2D eigenvalue weighted by Crippen LogP contribution is 2.26. The van der Waals surface area contributed by atoms with Crippen LogP contribution in [0.25, 0.3) is 0 Å². The molecule has 0 saturated heterocycles. The van der Waals surface area contributed by atoms with Gasteiger partial charge < -0.3 is 0 Å². The summed E-state index contributed by atoms with van der Waals surface area (Å²) in [5.41, 5.74) is 3.23. The first-order chi connectivity index (χ1) is 9.10. The highest BCUT2D eigenvalue weighted by molar-refractivity contribution is 9.10. The molecule has 1 atom stereocenters. The van der Waals surface area contributed by atoms with E-state index >= 15 is 0 Å². The van der Waals surface area contributed by atoms with Crippen LogP contribution in [0.3, 0.4) is 0 Å². The minimum atomic E-state index is -0.137. The van der Waals surface area contributed by atoms with Crippen LogP contribution < -0.4 is 0 Å². The van der Waals surface area contributed by atoms with E-state index in [1.54, 1.807) is 6.07 Å². The second kappa shape index (κ2) is 6.67. The van der Waals surface area contributed by atoms with Gasteiger partial charge in [-0.3, -0.25) is 0 Å². The lowest BCUT2D eigenvalue weighted by Gasteiger charge is -2.16. The second-order valence-corrected chi connectivity index (χ2v) is 6.27. The van der Waals surface area contributed by atoms with Crippen molar-refractivity contribution in [2.45, 2.75) is 19.3 Å². The van der Waals surface area contributed by atoms with Crippen molar-refractivity contribution in [3.63, 3.8) is 0 Å². The van der Waals surface area contributed by atoms with E-state index in [0.29, 0.717) is 6.42 Å². The molecule has 0 N–H and O–H groups in total. The molecule has 0 radical (unpaired) electrons. The Hall–Kier alpha value is -0.670. The highest BCUT2D eigenvalue weighted by atomic mass is 79.9. The summed E-state index contributed by atoms with van der Waals surface area (Å²) in [6.07, 6.45) is 0.694. The van der Waals surface area contributed by atoms with E-state index in [1.165, 1.54) is 17.2 Å². The van der Waals surface area contributed by atoms with Gasteiger partial charge in [0, 0.05) is 9.80 Å². The van der Waals surface area contributed by atoms with Crippen LogP contribution in [0.5, 0.6) is 0 Å². The molecule has 0 aliphatic heterocycles. The Labute approximate surface area is 130 Å². The lowest BCUT2D eigenvalue weighted by atomic mass is 9.92. The van der Waals surface area contributed by atoms with Crippen molar-refractivity contribution >= 4 is 31.9 Å². The van der Waals surface area contributed by atoms with Crippen molar-refractivity contribution in [3.8, 4) is 0 Å². The van der Waals surface area contributed by atoms with Crippen molar-refractivity contribution < 1.29 is 4.39 Å². The number of alkyl halides is 1. The Kier molecular flexibility index (Phi) is 5.17. The summed E-state index contributed by atoms with van der Waals surface area (Å²) in [7, 11) is 0. The van der Waals surface area contributed by atoms with Gasteiger partial charge in [0.05, 0.1) is 0 Å². The van der Waals surface area contributed by atoms with Crippen molar-refractivity contribution in [3.05, 3.63) is 69.4 Å². The van der Waals surface area contributed by atoms with E-state index in [4.69, 9.17) is 0 Å². The molecular formula is C16H15Br2F. The number of rotatable bonds is 4. The van der Waals surface area contributed by atoms with Crippen LogP contribution in [0.15, 0.2) is 46.9 Å². The fraction of sp³-hybridized carbons (Fsp3) is 0.250. The first-order valence-corrected chi connectivity index (χ1v) is 8.08. The number of halogens is 3. The van der Waals surface area contributed by atoms with Gasteiger partial charge in [0.1, 0.15) is 5.82 Å². The van der Waals surface area contributed by atoms with Crippen LogP contribution in [-0.4, -0.2) is 5.33 Å². The van der Waals surface area contributed by atoms with Gasteiger partial charge in [0.25, 0.3) is 0 Å². The average Bonchev–Trinajstić information content (AvgIpc) is 2.39. The first kappa shape index (κ1) is 14.7. The third-order valence-electron chi connectivity index (χ3n) is 3.17. The van der Waals surface area contributed by atoms with Gasteiger partial charge in [0.2, 0.25) is 0 Å². The molecular weight excluding hydrogens is 371 g/mol. The molecule has 1 unspecified atom stereocenters. The quantitative estimate of drug-likeness (QED) is 0.599. The molecule has 0 aliphatic carbocycles. The molecule has 0 nitrogen and oxygen atoms in total. The Morgan fingerprint density at radius 3 is 2.63 bits per heavy atom. The molecule has 0 bridgehead atoms. The minimum absolute atomic E-state index is 0.137. The largest absolute Gasteiger partial charge is 0.207 e. The van der Waals surface area contributed by atoms with Crippen LogP contribution in [0.2, 0.25) is 0 Å². The number of aryl methyl sites for hydroxylation is 1. The van der Waals surface area contributed by atoms with E-state index in [1.807, 2.05) is 6.07 Å². The normalized spacial score (nSPS) is 12.4. The third kappa shape index (κ3) is 3.90. The molecule has 2 aromatic rings. The maximum absolute atomic E-state index is 13.8. The van der Waals surface area contributed by atoms with Crippen molar-refractivity contribution in [2.24, 2.45) is 0 Å². The van der Waals surface area contributed by atoms with Gasteiger partial charge in [-0.15, -0.1) is 0 Å². The molecule has 0 saturated carbocycles. The lowest BCUT2D eigenvalue weighted by Crippen LogP contribution is -2.06. The van der Waals surface area contributed by atoms with Gasteiger partial charge in [-0.1, -0.05) is 61.7 Å². The molecule has 0 amide bonds. The molecule has 2 aromatic carbocycles. The summed E-state index contributed by atoms with van der Waals surface area (Å²) in [6, 6.07) is 13.5. The van der Waals surface area contributed by atoms with Crippen LogP contribution in [0.1, 0.15) is 22.6 Å². The van der Waals surface area contributed by atoms with Crippen molar-refractivity contribution in [2.75, 3.05) is 5.33 Å². The number of benzene rings is 2. The zero-order chi connectivity index (χ0) is 13.8. The standard InChI is InChI=1S/C16H15Br2F/c1-11-3-2-4-12(7-11)14(10-17)8-13-9-15(18)5-6-16(13)19/h2-7,9,14H,8,10H2,1H3. The molecule has 0 fully saturated rings. The molecule has 0 aliphatic rings. The maximum Gasteiger partial charge on any atom is 0.126 e. The van der Waals surface area contributed by atoms with Crippen LogP contribution >= 0.6 is 31.9 Å². The molecule has 100 valence electrons. The Bertz CT molecular complexity index is 566. The fourth-order valence-corrected chi connectivity index (χ4v) is 3.16. The molecule has 0 spiro atoms. The van der Waals surface area contributed by atoms with Gasteiger partial charge in [-0.2, -0.15) is 0 Å². The molecule has 0 aromatic heterocycles. The van der Waals surface area contributed by atoms with Crippen LogP contribution in [-0.2, 0) is 6.42 Å². The Balaban J connectivity index is 2.26. The van der Waals surface area contributed by atoms with Gasteiger partial charge in [-0.05, 0) is 48.6 Å². The Morgan fingerprint density at radius 2 is 1.95 bits per heavy atom. The van der Waals surface area contributed by atoms with E-state index in [9.17, 15) is 4.39 Å². The van der Waals surface area contributed by atoms with E-state index in [-0.39, 0.29) is 11.7 Å². The number of hydrogen-bond acceptors (Lipinski definition) is 0. The molecule has 2 rings (SSSR count). The zero-order valence-corrected chi connectivity index (χ0v) is 13.8. The molecule has 3 heteroatoms. The minimum Gasteiger partial charge on any atom is -0.207 e. The monoisotopic (exact) mass is 384 g/mol. The summed E-state index contributed by atoms with van der Waals surface area (Å²) < 4.78 is 14.7. The Morgan fingerprint density at radius 1 is 1.16 bits per heavy atom.